The molecule has 1 aliphatic rings. The van der Waals surface area contributed by atoms with Gasteiger partial charge in [0.15, 0.2) is 11.6 Å². The molecule has 18 heavy (non-hydrogen) atoms. The Balaban J connectivity index is 1.90. The fourth-order valence-electron chi connectivity index (χ4n) is 2.21. The summed E-state index contributed by atoms with van der Waals surface area (Å²) in [5.74, 6) is -1.45. The number of halogens is 2. The average Bonchev–Trinajstić information content (AvgIpc) is 3.11. The highest BCUT2D eigenvalue weighted by Gasteiger charge is 2.42. The number of benzene rings is 1. The summed E-state index contributed by atoms with van der Waals surface area (Å²) in [5.41, 5.74) is 0.601. The first-order valence-corrected chi connectivity index (χ1v) is 6.29. The predicted octanol–water partition coefficient (Wildman–Crippen LogP) is 2.52. The van der Waals surface area contributed by atoms with Crippen LogP contribution in [0.5, 0.6) is 0 Å². The summed E-state index contributed by atoms with van der Waals surface area (Å²) in [5, 5.41) is 3.30. The zero-order chi connectivity index (χ0) is 13.0. The largest absolute Gasteiger partial charge is 0.383 e. The minimum atomic E-state index is -0.754. The third kappa shape index (κ3) is 3.27. The van der Waals surface area contributed by atoms with E-state index in [0.717, 1.165) is 32.0 Å². The van der Waals surface area contributed by atoms with Crippen molar-refractivity contribution in [3.05, 3.63) is 35.4 Å². The summed E-state index contributed by atoms with van der Waals surface area (Å²) < 4.78 is 31.7. The van der Waals surface area contributed by atoms with Crippen molar-refractivity contribution in [2.45, 2.75) is 19.3 Å². The summed E-state index contributed by atoms with van der Waals surface area (Å²) in [4.78, 5) is 0. The van der Waals surface area contributed by atoms with E-state index < -0.39 is 11.6 Å². The van der Waals surface area contributed by atoms with Crippen molar-refractivity contribution in [3.8, 4) is 0 Å². The van der Waals surface area contributed by atoms with Crippen LogP contribution in [-0.2, 0) is 11.2 Å². The molecule has 2 nitrogen and oxygen atoms in total. The van der Waals surface area contributed by atoms with E-state index in [1.54, 1.807) is 19.2 Å². The zero-order valence-corrected chi connectivity index (χ0v) is 10.6. The molecule has 2 rings (SSSR count). The molecule has 1 fully saturated rings. The summed E-state index contributed by atoms with van der Waals surface area (Å²) in [6, 6.07) is 4.41. The topological polar surface area (TPSA) is 21.3 Å². The second-order valence-electron chi connectivity index (χ2n) is 5.06. The fourth-order valence-corrected chi connectivity index (χ4v) is 2.21. The molecule has 1 aliphatic carbocycles. The van der Waals surface area contributed by atoms with Gasteiger partial charge in [-0.15, -0.1) is 0 Å². The summed E-state index contributed by atoms with van der Waals surface area (Å²) in [7, 11) is 1.66. The highest BCUT2D eigenvalue weighted by molar-refractivity contribution is 5.22. The highest BCUT2D eigenvalue weighted by Crippen LogP contribution is 2.48. The lowest BCUT2D eigenvalue weighted by atomic mass is 9.96. The van der Waals surface area contributed by atoms with Crippen molar-refractivity contribution in [1.29, 1.82) is 0 Å². The number of nitrogens with one attached hydrogen (secondary N) is 1. The van der Waals surface area contributed by atoms with Crippen molar-refractivity contribution in [1.82, 2.24) is 5.32 Å². The van der Waals surface area contributed by atoms with Crippen molar-refractivity contribution >= 4 is 0 Å². The van der Waals surface area contributed by atoms with Gasteiger partial charge in [0, 0.05) is 20.2 Å². The lowest BCUT2D eigenvalue weighted by Crippen LogP contribution is -2.28. The minimum absolute atomic E-state index is 0.113. The Bertz CT molecular complexity index is 405. The lowest BCUT2D eigenvalue weighted by Gasteiger charge is -2.16. The second-order valence-corrected chi connectivity index (χ2v) is 5.06. The maximum absolute atomic E-state index is 13.6. The fraction of sp³-hybridized carbons (Fsp3) is 0.571. The monoisotopic (exact) mass is 255 g/mol. The highest BCUT2D eigenvalue weighted by atomic mass is 19.2. The van der Waals surface area contributed by atoms with E-state index in [2.05, 4.69) is 5.32 Å². The molecule has 0 atom stereocenters. The Hall–Kier alpha value is -1.00. The molecule has 100 valence electrons. The Kier molecular flexibility index (Phi) is 4.30. The van der Waals surface area contributed by atoms with Gasteiger partial charge in [0.05, 0.1) is 6.61 Å². The number of rotatable bonds is 7. The maximum Gasteiger partial charge on any atom is 0.162 e. The third-order valence-corrected chi connectivity index (χ3v) is 3.54. The van der Waals surface area contributed by atoms with E-state index in [1.807, 2.05) is 0 Å². The maximum atomic E-state index is 13.6. The van der Waals surface area contributed by atoms with Crippen LogP contribution in [-0.4, -0.2) is 26.8 Å². The molecular weight excluding hydrogens is 236 g/mol. The first-order chi connectivity index (χ1) is 8.67. The third-order valence-electron chi connectivity index (χ3n) is 3.54. The van der Waals surface area contributed by atoms with Crippen LogP contribution in [0.4, 0.5) is 8.78 Å². The molecular formula is C14H19F2NO. The number of hydrogen-bond donors (Lipinski definition) is 1. The molecule has 4 heteroatoms. The van der Waals surface area contributed by atoms with Gasteiger partial charge in [-0.1, -0.05) is 12.1 Å². The van der Waals surface area contributed by atoms with E-state index in [-0.39, 0.29) is 5.41 Å². The van der Waals surface area contributed by atoms with E-state index in [0.29, 0.717) is 18.6 Å². The molecule has 0 spiro atoms. The Morgan fingerprint density at radius 1 is 1.33 bits per heavy atom. The first-order valence-electron chi connectivity index (χ1n) is 6.29. The molecule has 0 aliphatic heterocycles. The standard InChI is InChI=1S/C14H19F2NO/c1-18-8-7-17-10-14(5-6-14)9-11-3-2-4-12(15)13(11)16/h2-4,17H,5-10H2,1H3. The van der Waals surface area contributed by atoms with Crippen molar-refractivity contribution in [2.75, 3.05) is 26.8 Å². The van der Waals surface area contributed by atoms with Gasteiger partial charge in [-0.3, -0.25) is 0 Å². The van der Waals surface area contributed by atoms with Crippen molar-refractivity contribution < 1.29 is 13.5 Å². The van der Waals surface area contributed by atoms with Gasteiger partial charge >= 0.3 is 0 Å². The van der Waals surface area contributed by atoms with Gasteiger partial charge in [-0.2, -0.15) is 0 Å². The van der Waals surface area contributed by atoms with Crippen molar-refractivity contribution in [2.24, 2.45) is 5.41 Å². The molecule has 1 aromatic carbocycles. The zero-order valence-electron chi connectivity index (χ0n) is 10.6. The lowest BCUT2D eigenvalue weighted by molar-refractivity contribution is 0.197. The van der Waals surface area contributed by atoms with Gasteiger partial charge in [0.1, 0.15) is 0 Å². The van der Waals surface area contributed by atoms with Gasteiger partial charge in [0.25, 0.3) is 0 Å². The summed E-state index contributed by atoms with van der Waals surface area (Å²) in [6.07, 6.45) is 2.75. The van der Waals surface area contributed by atoms with Crippen LogP contribution in [0.2, 0.25) is 0 Å². The Labute approximate surface area is 106 Å². The molecule has 1 saturated carbocycles. The van der Waals surface area contributed by atoms with Gasteiger partial charge in [0.2, 0.25) is 0 Å². The van der Waals surface area contributed by atoms with Crippen LogP contribution >= 0.6 is 0 Å². The summed E-state index contributed by atoms with van der Waals surface area (Å²) >= 11 is 0. The Morgan fingerprint density at radius 2 is 2.11 bits per heavy atom. The summed E-state index contributed by atoms with van der Waals surface area (Å²) in [6.45, 7) is 2.31. The molecule has 0 radical (unpaired) electrons. The van der Waals surface area contributed by atoms with E-state index in [9.17, 15) is 8.78 Å². The molecule has 0 aromatic heterocycles. The molecule has 0 bridgehead atoms. The Morgan fingerprint density at radius 3 is 2.78 bits per heavy atom. The van der Waals surface area contributed by atoms with E-state index >= 15 is 0 Å². The van der Waals surface area contributed by atoms with E-state index in [4.69, 9.17) is 4.74 Å². The number of ether oxygens (including phenoxy) is 1. The molecule has 1 aromatic rings. The number of hydrogen-bond acceptors (Lipinski definition) is 2. The smallest absolute Gasteiger partial charge is 0.162 e. The van der Waals surface area contributed by atoms with Gasteiger partial charge in [-0.05, 0) is 36.3 Å². The van der Waals surface area contributed by atoms with Gasteiger partial charge in [-0.25, -0.2) is 8.78 Å². The normalized spacial score (nSPS) is 16.8. The average molecular weight is 255 g/mol. The van der Waals surface area contributed by atoms with Crippen LogP contribution in [0.25, 0.3) is 0 Å². The van der Waals surface area contributed by atoms with Crippen molar-refractivity contribution in [3.63, 3.8) is 0 Å². The van der Waals surface area contributed by atoms with Crippen LogP contribution in [0.3, 0.4) is 0 Å². The molecule has 0 heterocycles. The molecule has 1 N–H and O–H groups in total. The van der Waals surface area contributed by atoms with Gasteiger partial charge < -0.3 is 10.1 Å². The van der Waals surface area contributed by atoms with E-state index in [1.165, 1.54) is 0 Å². The first kappa shape index (κ1) is 13.4. The second kappa shape index (κ2) is 5.76. The van der Waals surface area contributed by atoms with Crippen LogP contribution < -0.4 is 5.32 Å². The van der Waals surface area contributed by atoms with Crippen LogP contribution in [0.1, 0.15) is 18.4 Å². The molecule has 0 saturated heterocycles. The molecule has 0 unspecified atom stereocenters. The quantitative estimate of drug-likeness (QED) is 0.756. The van der Waals surface area contributed by atoms with Crippen LogP contribution in [0.15, 0.2) is 18.2 Å². The molecule has 0 amide bonds. The minimum Gasteiger partial charge on any atom is -0.383 e. The van der Waals surface area contributed by atoms with Crippen LogP contribution in [0, 0.1) is 17.0 Å². The number of methoxy groups -OCH3 is 1. The predicted molar refractivity (Wildman–Crippen MR) is 66.5 cm³/mol. The SMILES string of the molecule is COCCNCC1(Cc2cccc(F)c2F)CC1.